The van der Waals surface area contributed by atoms with Crippen molar-refractivity contribution in [2.24, 2.45) is 0 Å². The average molecular weight is 765 g/mol. The topological polar surface area (TPSA) is 56.7 Å². The summed E-state index contributed by atoms with van der Waals surface area (Å²) < 4.78 is 8.98. The first kappa shape index (κ1) is 32.9. The van der Waals surface area contributed by atoms with Crippen LogP contribution >= 0.6 is 0 Å². The van der Waals surface area contributed by atoms with Gasteiger partial charge in [0.1, 0.15) is 11.2 Å². The van der Waals surface area contributed by atoms with Crippen molar-refractivity contribution in [3.05, 3.63) is 194 Å². The lowest BCUT2D eigenvalue weighted by Gasteiger charge is -2.16. The molecule has 3 heterocycles. The summed E-state index contributed by atoms with van der Waals surface area (Å²) in [6.45, 7) is 0. The highest BCUT2D eigenvalue weighted by atomic mass is 16.3. The maximum Gasteiger partial charge on any atom is 0.166 e. The van der Waals surface area contributed by atoms with E-state index in [0.29, 0.717) is 17.5 Å². The monoisotopic (exact) mass is 764 g/mol. The number of hydrogen-bond donors (Lipinski definition) is 0. The average Bonchev–Trinajstić information content (AvgIpc) is 3.85. The summed E-state index contributed by atoms with van der Waals surface area (Å²) in [4.78, 5) is 16.2. The molecule has 0 fully saturated rings. The zero-order valence-electron chi connectivity index (χ0n) is 32.2. The Bertz CT molecular complexity index is 3910. The van der Waals surface area contributed by atoms with E-state index >= 15 is 0 Å². The minimum Gasteiger partial charge on any atom is -0.456 e. The van der Waals surface area contributed by atoms with Crippen molar-refractivity contribution in [3.8, 4) is 39.9 Å². The Balaban J connectivity index is 1.15. The molecule has 278 valence electrons. The van der Waals surface area contributed by atoms with Gasteiger partial charge in [-0.2, -0.15) is 0 Å². The number of para-hydroxylation sites is 2. The quantitative estimate of drug-likeness (QED) is 0.167. The van der Waals surface area contributed by atoms with E-state index in [2.05, 4.69) is 187 Å². The van der Waals surface area contributed by atoms with Crippen molar-refractivity contribution in [3.63, 3.8) is 0 Å². The molecule has 0 aliphatic carbocycles. The molecule has 0 amide bonds. The number of furan rings is 1. The fourth-order valence-electron chi connectivity index (χ4n) is 9.36. The molecule has 13 rings (SSSR count). The van der Waals surface area contributed by atoms with E-state index in [-0.39, 0.29) is 0 Å². The number of fused-ring (bicyclic) bond motifs is 11. The molecule has 10 aromatic carbocycles. The van der Waals surface area contributed by atoms with Crippen LogP contribution in [0.1, 0.15) is 0 Å². The third-order valence-corrected chi connectivity index (χ3v) is 12.2. The van der Waals surface area contributed by atoms with Crippen LogP contribution < -0.4 is 0 Å². The van der Waals surface area contributed by atoms with Crippen LogP contribution in [0.2, 0.25) is 0 Å². The Labute approximate surface area is 343 Å². The van der Waals surface area contributed by atoms with Crippen LogP contribution in [0.3, 0.4) is 0 Å². The maximum absolute atomic E-state index is 6.60. The Kier molecular flexibility index (Phi) is 6.95. The molecule has 5 nitrogen and oxygen atoms in total. The molecule has 60 heavy (non-hydrogen) atoms. The first-order valence-electron chi connectivity index (χ1n) is 20.3. The van der Waals surface area contributed by atoms with E-state index in [9.17, 15) is 0 Å². The maximum atomic E-state index is 6.60. The minimum atomic E-state index is 0.570. The summed E-state index contributed by atoms with van der Waals surface area (Å²) in [6, 6.07) is 68.7. The van der Waals surface area contributed by atoms with E-state index in [1.807, 2.05) is 12.1 Å². The Morgan fingerprint density at radius 3 is 1.72 bits per heavy atom. The largest absolute Gasteiger partial charge is 0.456 e. The van der Waals surface area contributed by atoms with Gasteiger partial charge in [-0.1, -0.05) is 146 Å². The zero-order valence-corrected chi connectivity index (χ0v) is 32.2. The lowest BCUT2D eigenvalue weighted by atomic mass is 9.99. The molecule has 0 atom stereocenters. The van der Waals surface area contributed by atoms with Gasteiger partial charge in [-0.3, -0.25) is 0 Å². The predicted octanol–water partition coefficient (Wildman–Crippen LogP) is 14.5. The molecule has 5 heteroatoms. The van der Waals surface area contributed by atoms with Crippen LogP contribution in [0.5, 0.6) is 0 Å². The standard InChI is InChI=1S/C55H32N4O/c1-2-13-35-29-39(24-21-33(35)11-1)53-56-54(40-25-26-42-38(30-40)23-22-34-12-5-6-16-41(34)42)58-55(57-53)52-47(27-28-50-51(52)44-18-8-10-20-49(44)60-50)59-46-19-9-7-17-43(46)45-31-36-14-3-4-15-37(36)32-48(45)59/h1-32H. The number of rotatable bonds is 4. The smallest absolute Gasteiger partial charge is 0.166 e. The van der Waals surface area contributed by atoms with Crippen molar-refractivity contribution < 1.29 is 4.42 Å². The van der Waals surface area contributed by atoms with Gasteiger partial charge < -0.3 is 8.98 Å². The Hall–Kier alpha value is -8.15. The fourth-order valence-corrected chi connectivity index (χ4v) is 9.36. The molecule has 0 saturated heterocycles. The van der Waals surface area contributed by atoms with Gasteiger partial charge in [-0.05, 0) is 91.6 Å². The van der Waals surface area contributed by atoms with Gasteiger partial charge >= 0.3 is 0 Å². The van der Waals surface area contributed by atoms with Crippen LogP contribution in [-0.4, -0.2) is 19.5 Å². The molecule has 3 aromatic heterocycles. The molecule has 0 saturated carbocycles. The van der Waals surface area contributed by atoms with E-state index in [1.54, 1.807) is 0 Å². The van der Waals surface area contributed by atoms with Crippen LogP contribution in [0.4, 0.5) is 0 Å². The lowest BCUT2D eigenvalue weighted by molar-refractivity contribution is 0.669. The number of nitrogens with zero attached hydrogens (tertiary/aromatic N) is 4. The molecule has 0 aliphatic heterocycles. The normalized spacial score (nSPS) is 12.0. The number of aromatic nitrogens is 4. The first-order chi connectivity index (χ1) is 29.7. The molecule has 0 radical (unpaired) electrons. The first-order valence-corrected chi connectivity index (χ1v) is 20.3. The van der Waals surface area contributed by atoms with Gasteiger partial charge in [0.05, 0.1) is 22.3 Å². The molecular formula is C55H32N4O. The van der Waals surface area contributed by atoms with Crippen molar-refractivity contribution in [2.75, 3.05) is 0 Å². The molecule has 0 aliphatic rings. The van der Waals surface area contributed by atoms with Crippen molar-refractivity contribution in [1.29, 1.82) is 0 Å². The van der Waals surface area contributed by atoms with Gasteiger partial charge in [0.25, 0.3) is 0 Å². The van der Waals surface area contributed by atoms with Crippen LogP contribution in [-0.2, 0) is 0 Å². The summed E-state index contributed by atoms with van der Waals surface area (Å²) in [5.74, 6) is 1.77. The summed E-state index contributed by atoms with van der Waals surface area (Å²) in [6.07, 6.45) is 0. The highest BCUT2D eigenvalue weighted by Gasteiger charge is 2.25. The number of hydrogen-bond acceptors (Lipinski definition) is 4. The van der Waals surface area contributed by atoms with Gasteiger partial charge in [-0.15, -0.1) is 0 Å². The molecular weight excluding hydrogens is 733 g/mol. The van der Waals surface area contributed by atoms with Crippen molar-refractivity contribution in [2.45, 2.75) is 0 Å². The highest BCUT2D eigenvalue weighted by Crippen LogP contribution is 2.44. The van der Waals surface area contributed by atoms with E-state index in [4.69, 9.17) is 19.4 Å². The van der Waals surface area contributed by atoms with Gasteiger partial charge in [0.2, 0.25) is 0 Å². The second-order valence-electron chi connectivity index (χ2n) is 15.6. The Morgan fingerprint density at radius 2 is 0.900 bits per heavy atom. The lowest BCUT2D eigenvalue weighted by Crippen LogP contribution is -2.04. The van der Waals surface area contributed by atoms with Gasteiger partial charge in [-0.25, -0.2) is 15.0 Å². The van der Waals surface area contributed by atoms with Crippen molar-refractivity contribution >= 4 is 86.8 Å². The molecule has 13 aromatic rings. The summed E-state index contributed by atoms with van der Waals surface area (Å²) in [7, 11) is 0. The molecule has 0 unspecified atom stereocenters. The van der Waals surface area contributed by atoms with Gasteiger partial charge in [0.15, 0.2) is 17.5 Å². The Morgan fingerprint density at radius 1 is 0.333 bits per heavy atom. The summed E-state index contributed by atoms with van der Waals surface area (Å²) >= 11 is 0. The van der Waals surface area contributed by atoms with E-state index in [0.717, 1.165) is 71.5 Å². The third kappa shape index (κ3) is 4.96. The molecule has 0 bridgehead atoms. The second kappa shape index (κ2) is 12.7. The SMILES string of the molecule is c1ccc2cc(-c3nc(-c4ccc5c(ccc6ccccc65)c4)nc(-c4c(-n5c6ccccc6c6cc7ccccc7cc65)ccc5oc6ccccc6c45)n3)ccc2c1. The molecule has 0 N–H and O–H groups in total. The predicted molar refractivity (Wildman–Crippen MR) is 248 cm³/mol. The second-order valence-corrected chi connectivity index (χ2v) is 15.6. The van der Waals surface area contributed by atoms with Crippen molar-refractivity contribution in [1.82, 2.24) is 19.5 Å². The van der Waals surface area contributed by atoms with Crippen LogP contribution in [0.25, 0.3) is 127 Å². The number of benzene rings is 10. The minimum absolute atomic E-state index is 0.570. The van der Waals surface area contributed by atoms with Gasteiger partial charge in [0, 0.05) is 32.7 Å². The zero-order chi connectivity index (χ0) is 39.3. The van der Waals surface area contributed by atoms with Crippen LogP contribution in [0.15, 0.2) is 199 Å². The molecule has 0 spiro atoms. The van der Waals surface area contributed by atoms with Crippen LogP contribution in [0, 0.1) is 0 Å². The fraction of sp³-hybridized carbons (Fsp3) is 0. The van der Waals surface area contributed by atoms with E-state index in [1.165, 1.54) is 37.7 Å². The summed E-state index contributed by atoms with van der Waals surface area (Å²) in [5.41, 5.74) is 7.46. The van der Waals surface area contributed by atoms with E-state index < -0.39 is 0 Å². The summed E-state index contributed by atoms with van der Waals surface area (Å²) in [5, 5.41) is 13.7. The third-order valence-electron chi connectivity index (χ3n) is 12.2. The highest BCUT2D eigenvalue weighted by molar-refractivity contribution is 6.17.